The molecule has 1 heterocycles. The zero-order valence-electron chi connectivity index (χ0n) is 8.69. The van der Waals surface area contributed by atoms with Gasteiger partial charge in [-0.1, -0.05) is 5.16 Å². The molecule has 0 fully saturated rings. The van der Waals surface area contributed by atoms with Crippen LogP contribution in [0.5, 0.6) is 0 Å². The van der Waals surface area contributed by atoms with Crippen molar-refractivity contribution < 1.29 is 9.32 Å². The Morgan fingerprint density at radius 2 is 2.31 bits per heavy atom. The highest BCUT2D eigenvalue weighted by Crippen LogP contribution is 1.90. The Hall–Kier alpha value is -2.12. The summed E-state index contributed by atoms with van der Waals surface area (Å²) >= 11 is 0. The topological polar surface area (TPSA) is 130 Å². The number of hydrogen-bond donors (Lipinski definition) is 4. The van der Waals surface area contributed by atoms with Gasteiger partial charge in [0, 0.05) is 25.9 Å². The molecule has 0 saturated heterocycles. The van der Waals surface area contributed by atoms with E-state index >= 15 is 0 Å². The third kappa shape index (κ3) is 4.94. The number of nitrogens with one attached hydrogen (secondary N) is 3. The van der Waals surface area contributed by atoms with Crippen molar-refractivity contribution >= 4 is 11.9 Å². The van der Waals surface area contributed by atoms with Crippen LogP contribution in [0, 0.1) is 5.41 Å². The monoisotopic (exact) mass is 226 g/mol. The fourth-order valence-electron chi connectivity index (χ4n) is 1.01. The second-order valence-electron chi connectivity index (χ2n) is 3.03. The first-order valence-corrected chi connectivity index (χ1v) is 4.78. The maximum Gasteiger partial charge on any atom is 0.228 e. The average Bonchev–Trinajstić information content (AvgIpc) is 2.70. The number of hydrogen-bond acceptors (Lipinski definition) is 5. The number of carbonyl (C=O) groups excluding carboxylic acids is 1. The molecule has 0 radical (unpaired) electrons. The largest absolute Gasteiger partial charge is 0.370 e. The molecule has 1 aromatic rings. The highest BCUT2D eigenvalue weighted by atomic mass is 16.5. The van der Waals surface area contributed by atoms with E-state index in [2.05, 4.69) is 20.8 Å². The summed E-state index contributed by atoms with van der Waals surface area (Å²) in [5.41, 5.74) is 5.06. The molecule has 0 unspecified atom stereocenters. The van der Waals surface area contributed by atoms with Crippen LogP contribution >= 0.6 is 0 Å². The zero-order valence-corrected chi connectivity index (χ0v) is 8.69. The second-order valence-corrected chi connectivity index (χ2v) is 3.03. The number of rotatable bonds is 6. The summed E-state index contributed by atoms with van der Waals surface area (Å²) in [6.45, 7) is 0.794. The number of guanidine groups is 1. The molecule has 1 rings (SSSR count). The van der Waals surface area contributed by atoms with Crippen molar-refractivity contribution in [1.29, 1.82) is 5.41 Å². The summed E-state index contributed by atoms with van der Waals surface area (Å²) in [7, 11) is 0. The molecule has 0 spiro atoms. The Kier molecular flexibility index (Phi) is 4.77. The van der Waals surface area contributed by atoms with Gasteiger partial charge in [-0.05, 0) is 0 Å². The van der Waals surface area contributed by atoms with Crippen LogP contribution in [-0.2, 0) is 11.2 Å². The first kappa shape index (κ1) is 12.0. The standard InChI is InChI=1S/C8H14N6O2/c9-8(10)12-3-1-6(15)11-4-2-7-13-5-14-16-7/h5H,1-4H2,(H,11,15)(H4,9,10,12). The SMILES string of the molecule is N=C(N)NCCC(=O)NCCc1ncno1. The number of nitrogens with two attached hydrogens (primary N) is 1. The van der Waals surface area contributed by atoms with Crippen molar-refractivity contribution in [3.05, 3.63) is 12.2 Å². The maximum absolute atomic E-state index is 11.2. The van der Waals surface area contributed by atoms with Gasteiger partial charge in [-0.2, -0.15) is 4.98 Å². The quantitative estimate of drug-likeness (QED) is 0.348. The van der Waals surface area contributed by atoms with Gasteiger partial charge >= 0.3 is 0 Å². The first-order valence-electron chi connectivity index (χ1n) is 4.78. The summed E-state index contributed by atoms with van der Waals surface area (Å²) in [6.07, 6.45) is 2.09. The van der Waals surface area contributed by atoms with E-state index < -0.39 is 0 Å². The first-order chi connectivity index (χ1) is 7.68. The van der Waals surface area contributed by atoms with Gasteiger partial charge in [0.1, 0.15) is 0 Å². The van der Waals surface area contributed by atoms with Gasteiger partial charge in [-0.25, -0.2) is 0 Å². The minimum absolute atomic E-state index is 0.117. The molecular weight excluding hydrogens is 212 g/mol. The fraction of sp³-hybridized carbons (Fsp3) is 0.500. The van der Waals surface area contributed by atoms with Gasteiger partial charge in [0.25, 0.3) is 0 Å². The van der Waals surface area contributed by atoms with Crippen molar-refractivity contribution in [2.24, 2.45) is 5.73 Å². The molecule has 88 valence electrons. The third-order valence-electron chi connectivity index (χ3n) is 1.74. The van der Waals surface area contributed by atoms with Crippen LogP contribution in [0.1, 0.15) is 12.3 Å². The Bertz CT molecular complexity index is 336. The lowest BCUT2D eigenvalue weighted by molar-refractivity contribution is -0.120. The lowest BCUT2D eigenvalue weighted by atomic mass is 10.3. The van der Waals surface area contributed by atoms with Crippen LogP contribution in [0.15, 0.2) is 10.9 Å². The maximum atomic E-state index is 11.2. The van der Waals surface area contributed by atoms with E-state index in [4.69, 9.17) is 15.7 Å². The van der Waals surface area contributed by atoms with Gasteiger partial charge in [-0.15, -0.1) is 0 Å². The summed E-state index contributed by atoms with van der Waals surface area (Å²) in [5, 5.41) is 15.5. The smallest absolute Gasteiger partial charge is 0.228 e. The molecule has 0 aromatic carbocycles. The summed E-state index contributed by atoms with van der Waals surface area (Å²) in [5.74, 6) is 0.231. The zero-order chi connectivity index (χ0) is 11.8. The van der Waals surface area contributed by atoms with E-state index in [1.807, 2.05) is 0 Å². The van der Waals surface area contributed by atoms with Crippen LogP contribution in [0.25, 0.3) is 0 Å². The van der Waals surface area contributed by atoms with Crippen molar-refractivity contribution in [1.82, 2.24) is 20.8 Å². The highest BCUT2D eigenvalue weighted by molar-refractivity contribution is 5.78. The van der Waals surface area contributed by atoms with Gasteiger partial charge in [0.15, 0.2) is 12.3 Å². The molecule has 1 aromatic heterocycles. The van der Waals surface area contributed by atoms with E-state index in [-0.39, 0.29) is 18.3 Å². The number of nitrogens with zero attached hydrogens (tertiary/aromatic N) is 2. The summed E-state index contributed by atoms with van der Waals surface area (Å²) in [4.78, 5) is 15.0. The fourth-order valence-corrected chi connectivity index (χ4v) is 1.01. The van der Waals surface area contributed by atoms with Gasteiger partial charge in [0.05, 0.1) is 0 Å². The number of amides is 1. The van der Waals surface area contributed by atoms with Gasteiger partial charge in [0.2, 0.25) is 11.8 Å². The van der Waals surface area contributed by atoms with E-state index in [9.17, 15) is 4.79 Å². The number of carbonyl (C=O) groups is 1. The van der Waals surface area contributed by atoms with Crippen molar-refractivity contribution in [2.45, 2.75) is 12.8 Å². The average molecular weight is 226 g/mol. The van der Waals surface area contributed by atoms with Crippen LogP contribution in [0.4, 0.5) is 0 Å². The molecule has 1 amide bonds. The molecule has 0 aliphatic heterocycles. The lowest BCUT2D eigenvalue weighted by Crippen LogP contribution is -2.34. The van der Waals surface area contributed by atoms with E-state index in [0.717, 1.165) is 0 Å². The van der Waals surface area contributed by atoms with Crippen molar-refractivity contribution in [3.8, 4) is 0 Å². The molecule has 0 aliphatic rings. The van der Waals surface area contributed by atoms with Crippen LogP contribution in [0.3, 0.4) is 0 Å². The molecule has 0 aliphatic carbocycles. The molecule has 0 atom stereocenters. The van der Waals surface area contributed by atoms with Crippen LogP contribution in [0.2, 0.25) is 0 Å². The molecule has 0 bridgehead atoms. The Morgan fingerprint density at radius 1 is 1.50 bits per heavy atom. The van der Waals surface area contributed by atoms with E-state index in [1.165, 1.54) is 6.33 Å². The predicted molar refractivity (Wildman–Crippen MR) is 55.5 cm³/mol. The molecule has 5 N–H and O–H groups in total. The Balaban J connectivity index is 2.04. The minimum atomic E-state index is -0.140. The summed E-state index contributed by atoms with van der Waals surface area (Å²) < 4.78 is 4.76. The van der Waals surface area contributed by atoms with E-state index in [1.54, 1.807) is 0 Å². The molecule has 0 saturated carbocycles. The molecule has 8 heteroatoms. The highest BCUT2D eigenvalue weighted by Gasteiger charge is 2.02. The predicted octanol–water partition coefficient (Wildman–Crippen LogP) is -1.40. The van der Waals surface area contributed by atoms with Crippen LogP contribution in [-0.4, -0.2) is 35.1 Å². The second kappa shape index (κ2) is 6.38. The van der Waals surface area contributed by atoms with Gasteiger partial charge < -0.3 is 20.9 Å². The number of aromatic nitrogens is 2. The lowest BCUT2D eigenvalue weighted by Gasteiger charge is -2.04. The van der Waals surface area contributed by atoms with Gasteiger partial charge in [-0.3, -0.25) is 10.2 Å². The molecule has 16 heavy (non-hydrogen) atoms. The normalized spacial score (nSPS) is 9.75. The van der Waals surface area contributed by atoms with E-state index in [0.29, 0.717) is 25.4 Å². The Labute approximate surface area is 92.1 Å². The Morgan fingerprint density at radius 3 is 2.94 bits per heavy atom. The minimum Gasteiger partial charge on any atom is -0.370 e. The summed E-state index contributed by atoms with van der Waals surface area (Å²) in [6, 6.07) is 0. The third-order valence-corrected chi connectivity index (χ3v) is 1.74. The molecule has 8 nitrogen and oxygen atoms in total. The van der Waals surface area contributed by atoms with Crippen molar-refractivity contribution in [3.63, 3.8) is 0 Å². The molecular formula is C8H14N6O2. The van der Waals surface area contributed by atoms with Crippen molar-refractivity contribution in [2.75, 3.05) is 13.1 Å². The van der Waals surface area contributed by atoms with Crippen LogP contribution < -0.4 is 16.4 Å².